The quantitative estimate of drug-likeness (QED) is 0.392. The van der Waals surface area contributed by atoms with Crippen LogP contribution < -0.4 is 15.5 Å². The third kappa shape index (κ3) is 2.62. The molecule has 7 nitrogen and oxygen atoms in total. The van der Waals surface area contributed by atoms with Crippen LogP contribution >= 0.6 is 0 Å². The summed E-state index contributed by atoms with van der Waals surface area (Å²) in [6, 6.07) is 20.2. The van der Waals surface area contributed by atoms with Crippen molar-refractivity contribution in [2.24, 2.45) is 11.8 Å². The molecule has 0 bridgehead atoms. The molecule has 8 heteroatoms. The number of fused-ring (bicyclic) bond motifs is 5. The van der Waals surface area contributed by atoms with Crippen LogP contribution in [0.3, 0.4) is 0 Å². The zero-order chi connectivity index (χ0) is 24.6. The number of imide groups is 1. The van der Waals surface area contributed by atoms with Crippen molar-refractivity contribution in [2.75, 3.05) is 10.2 Å². The van der Waals surface area contributed by atoms with Gasteiger partial charge in [0.1, 0.15) is 11.4 Å². The Kier molecular flexibility index (Phi) is 4.29. The highest BCUT2D eigenvalue weighted by Gasteiger charge is 2.70. The number of amides is 3. The highest BCUT2D eigenvalue weighted by molar-refractivity contribution is 6.25. The fourth-order valence-electron chi connectivity index (χ4n) is 6.34. The van der Waals surface area contributed by atoms with Crippen LogP contribution in [0.5, 0.6) is 0 Å². The number of anilines is 2. The van der Waals surface area contributed by atoms with Gasteiger partial charge >= 0.3 is 0 Å². The van der Waals surface area contributed by atoms with Crippen molar-refractivity contribution in [3.8, 4) is 0 Å². The van der Waals surface area contributed by atoms with E-state index in [1.807, 2.05) is 30.5 Å². The van der Waals surface area contributed by atoms with Crippen molar-refractivity contribution in [1.29, 1.82) is 0 Å². The molecule has 0 radical (unpaired) electrons. The summed E-state index contributed by atoms with van der Waals surface area (Å²) < 4.78 is 14.8. The Labute approximate surface area is 205 Å². The SMILES string of the molecule is O=C1[C@@H]2[C@H](Cc3c[nH]c4ccccc34)N[C@]3(C(=O)Nc4ccccc43)[C@H]2C(=O)N1c1ccccc1F. The number of H-pyrrole nitrogens is 1. The molecule has 36 heavy (non-hydrogen) atoms. The summed E-state index contributed by atoms with van der Waals surface area (Å²) in [5.74, 6) is -3.97. The maximum absolute atomic E-state index is 14.8. The van der Waals surface area contributed by atoms with Crippen LogP contribution in [0.15, 0.2) is 79.0 Å². The standard InChI is InChI=1S/C28H21FN4O3/c29-18-9-3-6-12-22(18)33-25(34)23-21(13-15-14-30-19-10-4-1-7-16(15)19)32-28(24(23)26(33)35)17-8-2-5-11-20(17)31-27(28)36/h1-12,14,21,23-24,30,32H,13H2,(H,31,36)/t21-,23+,24+,28-/m0/s1. The monoisotopic (exact) mass is 480 g/mol. The van der Waals surface area contributed by atoms with Crippen LogP contribution in [0.1, 0.15) is 11.1 Å². The van der Waals surface area contributed by atoms with Crippen molar-refractivity contribution in [3.05, 3.63) is 95.9 Å². The molecule has 4 atom stereocenters. The third-order valence-electron chi connectivity index (χ3n) is 7.83. The summed E-state index contributed by atoms with van der Waals surface area (Å²) in [5.41, 5.74) is 1.64. The number of hydrogen-bond donors (Lipinski definition) is 3. The minimum absolute atomic E-state index is 0.0883. The second-order valence-electron chi connectivity index (χ2n) is 9.59. The number of aromatic nitrogens is 1. The molecule has 4 heterocycles. The zero-order valence-electron chi connectivity index (χ0n) is 19.0. The highest BCUT2D eigenvalue weighted by atomic mass is 19.1. The number of nitrogens with zero attached hydrogens (tertiary/aromatic N) is 1. The Hall–Kier alpha value is -4.30. The first-order valence-corrected chi connectivity index (χ1v) is 11.9. The molecular formula is C28H21FN4O3. The number of halogens is 1. The van der Waals surface area contributed by atoms with E-state index in [0.29, 0.717) is 17.7 Å². The fraction of sp³-hybridized carbons (Fsp3) is 0.179. The van der Waals surface area contributed by atoms with Crippen molar-refractivity contribution in [2.45, 2.75) is 18.0 Å². The number of carbonyl (C=O) groups excluding carboxylic acids is 3. The molecule has 3 aliphatic rings. The summed E-state index contributed by atoms with van der Waals surface area (Å²) >= 11 is 0. The summed E-state index contributed by atoms with van der Waals surface area (Å²) in [7, 11) is 0. The van der Waals surface area contributed by atoms with Gasteiger partial charge in [0.15, 0.2) is 0 Å². The molecule has 2 fully saturated rings. The second-order valence-corrected chi connectivity index (χ2v) is 9.59. The molecule has 3 amide bonds. The Morgan fingerprint density at radius 2 is 1.64 bits per heavy atom. The topological polar surface area (TPSA) is 94.3 Å². The van der Waals surface area contributed by atoms with Gasteiger partial charge in [-0.2, -0.15) is 0 Å². The number of rotatable bonds is 3. The molecule has 3 aliphatic heterocycles. The van der Waals surface area contributed by atoms with Gasteiger partial charge in [-0.1, -0.05) is 48.5 Å². The van der Waals surface area contributed by atoms with E-state index < -0.39 is 41.0 Å². The van der Waals surface area contributed by atoms with Crippen molar-refractivity contribution in [3.63, 3.8) is 0 Å². The molecule has 3 N–H and O–H groups in total. The molecule has 2 saturated heterocycles. The van der Waals surface area contributed by atoms with Gasteiger partial charge < -0.3 is 10.3 Å². The average Bonchev–Trinajstić information content (AvgIpc) is 3.59. The van der Waals surface area contributed by atoms with Crippen molar-refractivity contribution < 1.29 is 18.8 Å². The summed E-state index contributed by atoms with van der Waals surface area (Å²) in [4.78, 5) is 45.6. The van der Waals surface area contributed by atoms with Crippen LogP contribution in [-0.4, -0.2) is 28.7 Å². The van der Waals surface area contributed by atoms with Gasteiger partial charge in [-0.15, -0.1) is 0 Å². The first kappa shape index (κ1) is 21.0. The number of hydrogen-bond acceptors (Lipinski definition) is 4. The fourth-order valence-corrected chi connectivity index (χ4v) is 6.34. The normalized spacial score (nSPS) is 26.6. The number of benzene rings is 3. The summed E-state index contributed by atoms with van der Waals surface area (Å²) in [5, 5.41) is 7.34. The smallest absolute Gasteiger partial charge is 0.250 e. The van der Waals surface area contributed by atoms with Crippen LogP contribution in [0.25, 0.3) is 10.9 Å². The molecular weight excluding hydrogens is 459 g/mol. The highest BCUT2D eigenvalue weighted by Crippen LogP contribution is 2.54. The van der Waals surface area contributed by atoms with E-state index in [0.717, 1.165) is 21.4 Å². The number of para-hydroxylation sites is 3. The van der Waals surface area contributed by atoms with Gasteiger partial charge in [-0.25, -0.2) is 9.29 Å². The molecule has 3 aromatic carbocycles. The van der Waals surface area contributed by atoms with Crippen LogP contribution in [0, 0.1) is 17.7 Å². The Balaban J connectivity index is 1.39. The molecule has 4 aromatic rings. The molecule has 1 aromatic heterocycles. The molecule has 178 valence electrons. The van der Waals surface area contributed by atoms with E-state index in [4.69, 9.17) is 0 Å². The minimum Gasteiger partial charge on any atom is -0.361 e. The molecule has 0 saturated carbocycles. The second kappa shape index (κ2) is 7.35. The number of aromatic amines is 1. The first-order valence-electron chi connectivity index (χ1n) is 11.9. The Bertz CT molecular complexity index is 1600. The van der Waals surface area contributed by atoms with Gasteiger partial charge in [-0.05, 0) is 36.2 Å². The van der Waals surface area contributed by atoms with Gasteiger partial charge in [0.25, 0.3) is 0 Å². The van der Waals surface area contributed by atoms with E-state index in [9.17, 15) is 18.8 Å². The van der Waals surface area contributed by atoms with Gasteiger partial charge in [0.2, 0.25) is 17.7 Å². The summed E-state index contributed by atoms with van der Waals surface area (Å²) in [6.45, 7) is 0. The van der Waals surface area contributed by atoms with E-state index in [2.05, 4.69) is 15.6 Å². The molecule has 7 rings (SSSR count). The van der Waals surface area contributed by atoms with Crippen molar-refractivity contribution >= 4 is 40.0 Å². The number of nitrogens with one attached hydrogen (secondary N) is 3. The maximum Gasteiger partial charge on any atom is 0.250 e. The average molecular weight is 480 g/mol. The predicted octanol–water partition coefficient (Wildman–Crippen LogP) is 3.47. The predicted molar refractivity (Wildman–Crippen MR) is 132 cm³/mol. The van der Waals surface area contributed by atoms with E-state index in [1.54, 1.807) is 30.3 Å². The molecule has 0 unspecified atom stereocenters. The zero-order valence-corrected chi connectivity index (χ0v) is 19.0. The number of carbonyl (C=O) groups is 3. The van der Waals surface area contributed by atoms with Gasteiger partial charge in [-0.3, -0.25) is 19.7 Å². The van der Waals surface area contributed by atoms with Crippen molar-refractivity contribution in [1.82, 2.24) is 10.3 Å². The minimum atomic E-state index is -1.43. The molecule has 1 spiro atoms. The van der Waals surface area contributed by atoms with E-state index in [1.165, 1.54) is 18.2 Å². The largest absolute Gasteiger partial charge is 0.361 e. The van der Waals surface area contributed by atoms with Gasteiger partial charge in [0.05, 0.1) is 17.5 Å². The maximum atomic E-state index is 14.8. The lowest BCUT2D eigenvalue weighted by Crippen LogP contribution is -2.53. The van der Waals surface area contributed by atoms with Crippen LogP contribution in [-0.2, 0) is 26.3 Å². The van der Waals surface area contributed by atoms with Crippen LogP contribution in [0.2, 0.25) is 0 Å². The lowest BCUT2D eigenvalue weighted by molar-refractivity contribution is -0.130. The lowest BCUT2D eigenvalue weighted by Gasteiger charge is -2.29. The molecule has 0 aliphatic carbocycles. The first-order chi connectivity index (χ1) is 17.5. The Morgan fingerprint density at radius 1 is 0.889 bits per heavy atom. The third-order valence-corrected chi connectivity index (χ3v) is 7.83. The lowest BCUT2D eigenvalue weighted by atomic mass is 9.76. The van der Waals surface area contributed by atoms with E-state index >= 15 is 0 Å². The van der Waals surface area contributed by atoms with E-state index in [-0.39, 0.29) is 11.6 Å². The Morgan fingerprint density at radius 3 is 2.50 bits per heavy atom. The summed E-state index contributed by atoms with van der Waals surface area (Å²) in [6.07, 6.45) is 2.30. The van der Waals surface area contributed by atoms with Crippen LogP contribution in [0.4, 0.5) is 15.8 Å². The van der Waals surface area contributed by atoms with Gasteiger partial charge in [0, 0.05) is 34.4 Å².